The number of hydrogen-bond acceptors (Lipinski definition) is 5. The van der Waals surface area contributed by atoms with Crippen LogP contribution >= 0.6 is 0 Å². The second kappa shape index (κ2) is 7.84. The van der Waals surface area contributed by atoms with Gasteiger partial charge in [0.25, 0.3) is 0 Å². The molecule has 0 spiro atoms. The zero-order valence-electron chi connectivity index (χ0n) is 15.7. The minimum absolute atomic E-state index is 0.0233. The van der Waals surface area contributed by atoms with E-state index in [1.165, 1.54) is 18.9 Å². The summed E-state index contributed by atoms with van der Waals surface area (Å²) in [7, 11) is 0. The van der Waals surface area contributed by atoms with Gasteiger partial charge in [-0.2, -0.15) is 0 Å². The molecule has 6 heteroatoms. The van der Waals surface area contributed by atoms with Crippen LogP contribution < -0.4 is 15.7 Å². The highest BCUT2D eigenvalue weighted by molar-refractivity contribution is 5.92. The average Bonchev–Trinajstić information content (AvgIpc) is 3.16. The van der Waals surface area contributed by atoms with Crippen molar-refractivity contribution in [2.24, 2.45) is 5.92 Å². The van der Waals surface area contributed by atoms with Gasteiger partial charge in [-0.1, -0.05) is 12.8 Å². The summed E-state index contributed by atoms with van der Waals surface area (Å²) in [4.78, 5) is 28.2. The molecule has 1 amide bonds. The molecule has 0 unspecified atom stereocenters. The Morgan fingerprint density at radius 1 is 1.25 bits per heavy atom. The number of amides is 1. The topological polar surface area (TPSA) is 81.4 Å². The highest BCUT2D eigenvalue weighted by atomic mass is 16.5. The Hall–Kier alpha value is -3.15. The fourth-order valence-corrected chi connectivity index (χ4v) is 3.73. The van der Waals surface area contributed by atoms with E-state index in [1.54, 1.807) is 30.5 Å². The number of anilines is 1. The van der Waals surface area contributed by atoms with Crippen LogP contribution in [0.15, 0.2) is 51.8 Å². The fourth-order valence-electron chi connectivity index (χ4n) is 3.73. The summed E-state index contributed by atoms with van der Waals surface area (Å²) >= 11 is 0. The molecule has 4 rings (SSSR count). The number of fused-ring (bicyclic) bond motifs is 1. The number of aryl methyl sites for hydroxylation is 1. The van der Waals surface area contributed by atoms with Gasteiger partial charge in [0.1, 0.15) is 17.0 Å². The van der Waals surface area contributed by atoms with Crippen molar-refractivity contribution >= 4 is 22.6 Å². The Morgan fingerprint density at radius 3 is 2.89 bits per heavy atom. The summed E-state index contributed by atoms with van der Waals surface area (Å²) in [6, 6.07) is 10.3. The van der Waals surface area contributed by atoms with Crippen LogP contribution in [0.4, 0.5) is 5.69 Å². The maximum atomic E-state index is 12.4. The molecule has 28 heavy (non-hydrogen) atoms. The second-order valence-electron chi connectivity index (χ2n) is 7.27. The van der Waals surface area contributed by atoms with Crippen LogP contribution in [0.1, 0.15) is 37.7 Å². The summed E-state index contributed by atoms with van der Waals surface area (Å²) in [5.74, 6) is 1.22. The third-order valence-corrected chi connectivity index (χ3v) is 5.13. The van der Waals surface area contributed by atoms with Gasteiger partial charge >= 0.3 is 5.63 Å². The van der Waals surface area contributed by atoms with Crippen molar-refractivity contribution in [1.82, 2.24) is 4.98 Å². The maximum Gasteiger partial charge on any atom is 0.336 e. The molecular weight excluding hydrogens is 356 g/mol. The number of nitrogens with one attached hydrogen (secondary N) is 1. The Bertz CT molecular complexity index is 1070. The van der Waals surface area contributed by atoms with E-state index in [4.69, 9.17) is 9.15 Å². The van der Waals surface area contributed by atoms with Crippen LogP contribution in [-0.2, 0) is 4.79 Å². The molecule has 0 saturated heterocycles. The summed E-state index contributed by atoms with van der Waals surface area (Å²) in [6.07, 6.45) is 6.77. The summed E-state index contributed by atoms with van der Waals surface area (Å²) in [6.45, 7) is 1.86. The van der Waals surface area contributed by atoms with Crippen molar-refractivity contribution < 1.29 is 13.9 Å². The number of benzene rings is 1. The quantitative estimate of drug-likeness (QED) is 0.645. The van der Waals surface area contributed by atoms with Gasteiger partial charge in [-0.05, 0) is 55.5 Å². The lowest BCUT2D eigenvalue weighted by Gasteiger charge is -2.13. The molecule has 3 aromatic rings. The van der Waals surface area contributed by atoms with Crippen molar-refractivity contribution in [3.8, 4) is 11.6 Å². The highest BCUT2D eigenvalue weighted by Crippen LogP contribution is 2.31. The van der Waals surface area contributed by atoms with Crippen LogP contribution in [0.25, 0.3) is 11.0 Å². The van der Waals surface area contributed by atoms with Crippen LogP contribution in [-0.4, -0.2) is 10.9 Å². The van der Waals surface area contributed by atoms with E-state index >= 15 is 0 Å². The molecule has 1 fully saturated rings. The van der Waals surface area contributed by atoms with E-state index in [-0.39, 0.29) is 5.91 Å². The molecule has 144 valence electrons. The lowest BCUT2D eigenvalue weighted by atomic mass is 10.0. The Labute approximate surface area is 162 Å². The molecule has 1 N–H and O–H groups in total. The molecule has 2 aromatic heterocycles. The monoisotopic (exact) mass is 378 g/mol. The van der Waals surface area contributed by atoms with Crippen LogP contribution in [0.2, 0.25) is 0 Å². The summed E-state index contributed by atoms with van der Waals surface area (Å²) < 4.78 is 11.1. The Balaban J connectivity index is 1.54. The Morgan fingerprint density at radius 2 is 2.07 bits per heavy atom. The number of ether oxygens (including phenoxy) is 1. The predicted molar refractivity (Wildman–Crippen MR) is 107 cm³/mol. The van der Waals surface area contributed by atoms with Gasteiger partial charge in [0, 0.05) is 30.1 Å². The molecule has 1 aliphatic rings. The van der Waals surface area contributed by atoms with Gasteiger partial charge in [-0.25, -0.2) is 9.78 Å². The number of hydrogen-bond donors (Lipinski definition) is 1. The second-order valence-corrected chi connectivity index (χ2v) is 7.27. The fraction of sp³-hybridized carbons (Fsp3) is 0.318. The molecular formula is C22H22N2O4. The average molecular weight is 378 g/mol. The molecule has 0 atom stereocenters. The van der Waals surface area contributed by atoms with Gasteiger partial charge in [-0.15, -0.1) is 0 Å². The van der Waals surface area contributed by atoms with Crippen molar-refractivity contribution in [3.05, 3.63) is 58.6 Å². The van der Waals surface area contributed by atoms with Crippen molar-refractivity contribution in [3.63, 3.8) is 0 Å². The molecule has 0 radical (unpaired) electrons. The maximum absolute atomic E-state index is 12.4. The van der Waals surface area contributed by atoms with Crippen LogP contribution in [0, 0.1) is 12.8 Å². The number of nitrogens with zero attached hydrogens (tertiary/aromatic N) is 1. The first-order chi connectivity index (χ1) is 13.6. The van der Waals surface area contributed by atoms with Crippen molar-refractivity contribution in [2.45, 2.75) is 39.0 Å². The third-order valence-electron chi connectivity index (χ3n) is 5.13. The zero-order valence-corrected chi connectivity index (χ0v) is 15.7. The van der Waals surface area contributed by atoms with E-state index in [2.05, 4.69) is 10.3 Å². The van der Waals surface area contributed by atoms with Crippen LogP contribution in [0.3, 0.4) is 0 Å². The molecule has 1 aliphatic carbocycles. The summed E-state index contributed by atoms with van der Waals surface area (Å²) in [5, 5.41) is 3.76. The lowest BCUT2D eigenvalue weighted by molar-refractivity contribution is -0.117. The Kier molecular flexibility index (Phi) is 5.10. The lowest BCUT2D eigenvalue weighted by Crippen LogP contribution is -2.15. The van der Waals surface area contributed by atoms with E-state index in [0.29, 0.717) is 35.2 Å². The van der Waals surface area contributed by atoms with E-state index in [9.17, 15) is 9.59 Å². The molecule has 0 bridgehead atoms. The smallest absolute Gasteiger partial charge is 0.336 e. The molecule has 0 aliphatic heterocycles. The van der Waals surface area contributed by atoms with Crippen molar-refractivity contribution in [2.75, 3.05) is 5.32 Å². The number of carbonyl (C=O) groups is 1. The first kappa shape index (κ1) is 18.2. The standard InChI is InChI=1S/C22H22N2O4/c1-14-11-21(26)28-19-13-16(8-9-17(14)19)27-22-18(7-4-10-23-22)24-20(25)12-15-5-2-3-6-15/h4,7-11,13,15H,2-3,5-6,12H2,1H3,(H,24,25). The number of aromatic nitrogens is 1. The first-order valence-electron chi connectivity index (χ1n) is 9.56. The van der Waals surface area contributed by atoms with Gasteiger partial charge < -0.3 is 14.5 Å². The summed E-state index contributed by atoms with van der Waals surface area (Å²) in [5.41, 5.74) is 1.41. The van der Waals surface area contributed by atoms with Gasteiger partial charge in [0.15, 0.2) is 0 Å². The van der Waals surface area contributed by atoms with E-state index in [0.717, 1.165) is 23.8 Å². The number of rotatable bonds is 5. The van der Waals surface area contributed by atoms with Gasteiger partial charge in [0.05, 0.1) is 0 Å². The largest absolute Gasteiger partial charge is 0.437 e. The van der Waals surface area contributed by atoms with Crippen LogP contribution in [0.5, 0.6) is 11.6 Å². The minimum atomic E-state index is -0.403. The SMILES string of the molecule is Cc1cc(=O)oc2cc(Oc3ncccc3NC(=O)CC3CCCC3)ccc12. The third kappa shape index (κ3) is 4.06. The number of pyridine rings is 1. The minimum Gasteiger partial charge on any atom is -0.437 e. The molecule has 2 heterocycles. The predicted octanol–water partition coefficient (Wildman–Crippen LogP) is 4.81. The van der Waals surface area contributed by atoms with Crippen molar-refractivity contribution in [1.29, 1.82) is 0 Å². The molecule has 1 aromatic carbocycles. The van der Waals surface area contributed by atoms with Gasteiger partial charge in [0.2, 0.25) is 11.8 Å². The van der Waals surface area contributed by atoms with E-state index < -0.39 is 5.63 Å². The molecule has 6 nitrogen and oxygen atoms in total. The zero-order chi connectivity index (χ0) is 19.5. The van der Waals surface area contributed by atoms with E-state index in [1.807, 2.05) is 13.0 Å². The highest BCUT2D eigenvalue weighted by Gasteiger charge is 2.19. The number of carbonyl (C=O) groups excluding carboxylic acids is 1. The molecule has 1 saturated carbocycles. The van der Waals surface area contributed by atoms with Gasteiger partial charge in [-0.3, -0.25) is 4.79 Å². The normalized spacial score (nSPS) is 14.3. The first-order valence-corrected chi connectivity index (χ1v) is 9.56.